The molecule has 1 aromatic heterocycles. The lowest BCUT2D eigenvalue weighted by molar-refractivity contribution is 0.0888. The van der Waals surface area contributed by atoms with Gasteiger partial charge in [0, 0.05) is 38.8 Å². The molecular formula is C26H35N5O2. The van der Waals surface area contributed by atoms with Gasteiger partial charge in [0.25, 0.3) is 0 Å². The van der Waals surface area contributed by atoms with E-state index in [0.717, 1.165) is 75.9 Å². The standard InChI is InChI=1S/C26H35N5O2/c1-2-27-26(28-13-5-14-32-18-23-12-15-33-19-23)29-16-21-8-10-22(11-9-21)17-31-20-30-24-6-3-4-7-25(24)31/h3-4,6-11,20,23H,2,5,12-19H2,1H3,(H2,27,28,29). The molecule has 0 amide bonds. The van der Waals surface area contributed by atoms with E-state index in [4.69, 9.17) is 14.5 Å². The van der Waals surface area contributed by atoms with Crippen molar-refractivity contribution in [2.75, 3.05) is 39.5 Å². The molecule has 0 spiro atoms. The van der Waals surface area contributed by atoms with E-state index in [2.05, 4.69) is 63.5 Å². The minimum Gasteiger partial charge on any atom is -0.381 e. The van der Waals surface area contributed by atoms with Crippen molar-refractivity contribution in [2.45, 2.75) is 32.9 Å². The van der Waals surface area contributed by atoms with Crippen molar-refractivity contribution in [3.63, 3.8) is 0 Å². The summed E-state index contributed by atoms with van der Waals surface area (Å²) in [5.41, 5.74) is 4.63. The summed E-state index contributed by atoms with van der Waals surface area (Å²) in [6.45, 7) is 8.49. The van der Waals surface area contributed by atoms with Gasteiger partial charge < -0.3 is 24.7 Å². The van der Waals surface area contributed by atoms with Gasteiger partial charge in [-0.05, 0) is 43.0 Å². The van der Waals surface area contributed by atoms with E-state index in [1.54, 1.807) is 0 Å². The Morgan fingerprint density at radius 1 is 1.15 bits per heavy atom. The van der Waals surface area contributed by atoms with Gasteiger partial charge in [-0.15, -0.1) is 0 Å². The van der Waals surface area contributed by atoms with Crippen LogP contribution in [0.5, 0.6) is 0 Å². The monoisotopic (exact) mass is 449 g/mol. The highest BCUT2D eigenvalue weighted by atomic mass is 16.5. The topological polar surface area (TPSA) is 72.7 Å². The average Bonchev–Trinajstić information content (AvgIpc) is 3.51. The largest absolute Gasteiger partial charge is 0.381 e. The molecular weight excluding hydrogens is 414 g/mol. The summed E-state index contributed by atoms with van der Waals surface area (Å²) >= 11 is 0. The number of imidazole rings is 1. The second kappa shape index (κ2) is 12.4. The molecule has 1 aliphatic heterocycles. The molecule has 3 aromatic rings. The lowest BCUT2D eigenvalue weighted by Crippen LogP contribution is -2.38. The molecule has 7 nitrogen and oxygen atoms in total. The predicted octanol–water partition coefficient (Wildman–Crippen LogP) is 3.58. The molecule has 4 rings (SSSR count). The van der Waals surface area contributed by atoms with Crippen LogP contribution in [0.15, 0.2) is 59.9 Å². The number of aromatic nitrogens is 2. The van der Waals surface area contributed by atoms with Crippen LogP contribution in [-0.4, -0.2) is 55.0 Å². The maximum Gasteiger partial charge on any atom is 0.191 e. The normalized spacial score (nSPS) is 16.4. The van der Waals surface area contributed by atoms with Crippen molar-refractivity contribution >= 4 is 17.0 Å². The van der Waals surface area contributed by atoms with Crippen LogP contribution in [0.25, 0.3) is 11.0 Å². The summed E-state index contributed by atoms with van der Waals surface area (Å²) in [6, 6.07) is 16.9. The highest BCUT2D eigenvalue weighted by Crippen LogP contribution is 2.15. The number of nitrogens with zero attached hydrogens (tertiary/aromatic N) is 3. The van der Waals surface area contributed by atoms with E-state index >= 15 is 0 Å². The number of hydrogen-bond acceptors (Lipinski definition) is 4. The van der Waals surface area contributed by atoms with Crippen LogP contribution in [0.4, 0.5) is 0 Å². The zero-order chi connectivity index (χ0) is 22.7. The maximum atomic E-state index is 5.77. The fraction of sp³-hybridized carbons (Fsp3) is 0.462. The van der Waals surface area contributed by atoms with Gasteiger partial charge in [-0.3, -0.25) is 0 Å². The minimum absolute atomic E-state index is 0.572. The zero-order valence-electron chi connectivity index (χ0n) is 19.5. The van der Waals surface area contributed by atoms with Crippen LogP contribution >= 0.6 is 0 Å². The Hall–Kier alpha value is -2.90. The smallest absolute Gasteiger partial charge is 0.191 e. The molecule has 1 saturated heterocycles. The number of para-hydroxylation sites is 2. The van der Waals surface area contributed by atoms with Gasteiger partial charge in [0.05, 0.1) is 37.1 Å². The van der Waals surface area contributed by atoms with Crippen LogP contribution in [0.3, 0.4) is 0 Å². The molecule has 1 aliphatic rings. The lowest BCUT2D eigenvalue weighted by atomic mass is 10.1. The Kier molecular flexibility index (Phi) is 8.72. The first-order valence-corrected chi connectivity index (χ1v) is 12.0. The van der Waals surface area contributed by atoms with E-state index < -0.39 is 0 Å². The van der Waals surface area contributed by atoms with Crippen LogP contribution in [0.1, 0.15) is 30.9 Å². The molecule has 2 aromatic carbocycles. The number of ether oxygens (including phenoxy) is 2. The van der Waals surface area contributed by atoms with Gasteiger partial charge in [-0.1, -0.05) is 36.4 Å². The number of nitrogens with one attached hydrogen (secondary N) is 2. The summed E-state index contributed by atoms with van der Waals surface area (Å²) in [4.78, 5) is 9.21. The molecule has 0 bridgehead atoms. The third-order valence-electron chi connectivity index (χ3n) is 5.80. The number of rotatable bonds is 11. The van der Waals surface area contributed by atoms with Gasteiger partial charge in [0.1, 0.15) is 0 Å². The first-order valence-electron chi connectivity index (χ1n) is 12.0. The van der Waals surface area contributed by atoms with E-state index in [9.17, 15) is 0 Å². The number of guanidine groups is 1. The lowest BCUT2D eigenvalue weighted by Gasteiger charge is -2.12. The molecule has 0 radical (unpaired) electrons. The number of aliphatic imine (C=N–C) groups is 1. The van der Waals surface area contributed by atoms with E-state index in [1.807, 2.05) is 18.5 Å². The molecule has 7 heteroatoms. The number of fused-ring (bicyclic) bond motifs is 1. The van der Waals surface area contributed by atoms with Crippen molar-refractivity contribution in [1.82, 2.24) is 20.2 Å². The van der Waals surface area contributed by atoms with Gasteiger partial charge in [0.15, 0.2) is 5.96 Å². The molecule has 1 unspecified atom stereocenters. The molecule has 0 aliphatic carbocycles. The molecule has 2 heterocycles. The summed E-state index contributed by atoms with van der Waals surface area (Å²) in [7, 11) is 0. The minimum atomic E-state index is 0.572. The van der Waals surface area contributed by atoms with Gasteiger partial charge in [-0.2, -0.15) is 0 Å². The van der Waals surface area contributed by atoms with E-state index in [0.29, 0.717) is 12.5 Å². The number of benzene rings is 2. The highest BCUT2D eigenvalue weighted by Gasteiger charge is 2.15. The molecule has 2 N–H and O–H groups in total. The molecule has 1 atom stereocenters. The highest BCUT2D eigenvalue weighted by molar-refractivity contribution is 5.79. The Balaban J connectivity index is 1.21. The van der Waals surface area contributed by atoms with Crippen LogP contribution in [0.2, 0.25) is 0 Å². The average molecular weight is 450 g/mol. The Labute approximate surface area is 196 Å². The maximum absolute atomic E-state index is 5.77. The number of hydrogen-bond donors (Lipinski definition) is 2. The van der Waals surface area contributed by atoms with Crippen LogP contribution < -0.4 is 10.6 Å². The molecule has 0 saturated carbocycles. The summed E-state index contributed by atoms with van der Waals surface area (Å²) in [5.74, 6) is 1.41. The molecule has 176 valence electrons. The first kappa shape index (κ1) is 23.3. The quantitative estimate of drug-likeness (QED) is 0.266. The van der Waals surface area contributed by atoms with Crippen LogP contribution in [-0.2, 0) is 22.6 Å². The fourth-order valence-corrected chi connectivity index (χ4v) is 3.94. The van der Waals surface area contributed by atoms with E-state index in [-0.39, 0.29) is 0 Å². The second-order valence-corrected chi connectivity index (χ2v) is 8.46. The second-order valence-electron chi connectivity index (χ2n) is 8.46. The first-order chi connectivity index (χ1) is 16.3. The van der Waals surface area contributed by atoms with Crippen molar-refractivity contribution in [3.8, 4) is 0 Å². The SMILES string of the molecule is CCNC(=NCc1ccc(Cn2cnc3ccccc32)cc1)NCCCOCC1CCOC1. The predicted molar refractivity (Wildman–Crippen MR) is 132 cm³/mol. The Bertz CT molecular complexity index is 1010. The van der Waals surface area contributed by atoms with Crippen molar-refractivity contribution in [1.29, 1.82) is 0 Å². The van der Waals surface area contributed by atoms with Gasteiger partial charge in [-0.25, -0.2) is 9.98 Å². The Morgan fingerprint density at radius 3 is 2.82 bits per heavy atom. The zero-order valence-corrected chi connectivity index (χ0v) is 19.5. The van der Waals surface area contributed by atoms with Crippen molar-refractivity contribution in [3.05, 3.63) is 66.0 Å². The summed E-state index contributed by atoms with van der Waals surface area (Å²) < 4.78 is 13.3. The van der Waals surface area contributed by atoms with Gasteiger partial charge in [0.2, 0.25) is 0 Å². The third-order valence-corrected chi connectivity index (χ3v) is 5.80. The van der Waals surface area contributed by atoms with Crippen molar-refractivity contribution < 1.29 is 9.47 Å². The molecule has 1 fully saturated rings. The summed E-state index contributed by atoms with van der Waals surface area (Å²) in [6.07, 6.45) is 3.98. The van der Waals surface area contributed by atoms with E-state index in [1.165, 1.54) is 11.1 Å². The molecule has 33 heavy (non-hydrogen) atoms. The van der Waals surface area contributed by atoms with Crippen LogP contribution in [0, 0.1) is 5.92 Å². The summed E-state index contributed by atoms with van der Waals surface area (Å²) in [5, 5.41) is 6.72. The third kappa shape index (κ3) is 7.04. The van der Waals surface area contributed by atoms with Crippen molar-refractivity contribution in [2.24, 2.45) is 10.9 Å². The fourth-order valence-electron chi connectivity index (χ4n) is 3.94. The van der Waals surface area contributed by atoms with Gasteiger partial charge >= 0.3 is 0 Å². The Morgan fingerprint density at radius 2 is 2.00 bits per heavy atom.